The highest BCUT2D eigenvalue weighted by atomic mass is 35.5. The van der Waals surface area contributed by atoms with Crippen LogP contribution in [0.4, 0.5) is 0 Å². The maximum absolute atomic E-state index is 11.6. The van der Waals surface area contributed by atoms with Crippen LogP contribution in [-0.2, 0) is 11.3 Å². The largest absolute Gasteiger partial charge is 0.299 e. The molecule has 1 heterocycles. The summed E-state index contributed by atoms with van der Waals surface area (Å²) in [6.45, 7) is 2.78. The van der Waals surface area contributed by atoms with Crippen molar-refractivity contribution >= 4 is 17.4 Å². The fraction of sp³-hybridized carbons (Fsp3) is 0.600. The number of hydrogen-bond acceptors (Lipinski definition) is 2. The average molecular weight is 213 g/mol. The van der Waals surface area contributed by atoms with Crippen LogP contribution in [0.15, 0.2) is 6.20 Å². The molecule has 1 saturated carbocycles. The predicted molar refractivity (Wildman–Crippen MR) is 54.5 cm³/mol. The van der Waals surface area contributed by atoms with Gasteiger partial charge in [-0.25, -0.2) is 0 Å². The number of Topliss-reactive ketones (excluding diaryl/α,β-unsaturated/α-hetero) is 1. The summed E-state index contributed by atoms with van der Waals surface area (Å²) in [6, 6.07) is 0. The summed E-state index contributed by atoms with van der Waals surface area (Å²) in [7, 11) is 0. The third-order valence-corrected chi connectivity index (χ3v) is 3.06. The Bertz CT molecular complexity index is 359. The number of ketones is 1. The lowest BCUT2D eigenvalue weighted by atomic mass is 10.0. The molecule has 1 unspecified atom stereocenters. The van der Waals surface area contributed by atoms with Crippen LogP contribution < -0.4 is 0 Å². The van der Waals surface area contributed by atoms with Crippen LogP contribution in [0.3, 0.4) is 0 Å². The van der Waals surface area contributed by atoms with Crippen molar-refractivity contribution < 1.29 is 4.79 Å². The van der Waals surface area contributed by atoms with E-state index < -0.39 is 0 Å². The molecule has 14 heavy (non-hydrogen) atoms. The Balaban J connectivity index is 2.38. The van der Waals surface area contributed by atoms with E-state index in [0.29, 0.717) is 17.2 Å². The first-order valence-corrected chi connectivity index (χ1v) is 5.35. The van der Waals surface area contributed by atoms with E-state index in [1.54, 1.807) is 6.20 Å². The monoisotopic (exact) mass is 212 g/mol. The van der Waals surface area contributed by atoms with Crippen molar-refractivity contribution in [3.63, 3.8) is 0 Å². The van der Waals surface area contributed by atoms with Gasteiger partial charge in [0.25, 0.3) is 0 Å². The van der Waals surface area contributed by atoms with Crippen molar-refractivity contribution in [3.8, 4) is 0 Å². The van der Waals surface area contributed by atoms with Crippen molar-refractivity contribution in [2.45, 2.75) is 38.6 Å². The summed E-state index contributed by atoms with van der Waals surface area (Å²) in [5.41, 5.74) is 0.914. The number of carbonyl (C=O) groups excluding carboxylic acids is 1. The van der Waals surface area contributed by atoms with Gasteiger partial charge in [0, 0.05) is 13.0 Å². The molecule has 0 aromatic carbocycles. The Morgan fingerprint density at radius 3 is 3.07 bits per heavy atom. The van der Waals surface area contributed by atoms with Gasteiger partial charge in [0.1, 0.15) is 5.78 Å². The highest BCUT2D eigenvalue weighted by Crippen LogP contribution is 2.34. The molecular weight excluding hydrogens is 200 g/mol. The molecule has 1 aliphatic carbocycles. The second-order valence-electron chi connectivity index (χ2n) is 3.60. The van der Waals surface area contributed by atoms with Crippen molar-refractivity contribution in [2.75, 3.05) is 0 Å². The van der Waals surface area contributed by atoms with Crippen LogP contribution in [0.1, 0.15) is 37.8 Å². The molecule has 1 atom stereocenters. The zero-order chi connectivity index (χ0) is 10.1. The molecule has 1 aliphatic rings. The normalized spacial score (nSPS) is 21.9. The highest BCUT2D eigenvalue weighted by Gasteiger charge is 2.30. The van der Waals surface area contributed by atoms with E-state index in [1.807, 2.05) is 11.6 Å². The van der Waals surface area contributed by atoms with Gasteiger partial charge in [-0.1, -0.05) is 11.6 Å². The van der Waals surface area contributed by atoms with Crippen LogP contribution in [0.25, 0.3) is 0 Å². The SMILES string of the molecule is CCn1ncc(Cl)c1C1CCCC1=O. The maximum Gasteiger partial charge on any atom is 0.141 e. The quantitative estimate of drug-likeness (QED) is 0.755. The van der Waals surface area contributed by atoms with Crippen LogP contribution >= 0.6 is 11.6 Å². The fourth-order valence-corrected chi connectivity index (χ4v) is 2.35. The first kappa shape index (κ1) is 9.71. The maximum atomic E-state index is 11.6. The van der Waals surface area contributed by atoms with Crippen molar-refractivity contribution in [1.29, 1.82) is 0 Å². The molecule has 4 heteroatoms. The van der Waals surface area contributed by atoms with E-state index in [0.717, 1.165) is 25.1 Å². The molecule has 0 saturated heterocycles. The molecule has 3 nitrogen and oxygen atoms in total. The van der Waals surface area contributed by atoms with Crippen molar-refractivity contribution in [2.24, 2.45) is 0 Å². The van der Waals surface area contributed by atoms with E-state index in [-0.39, 0.29) is 5.92 Å². The van der Waals surface area contributed by atoms with E-state index in [1.165, 1.54) is 0 Å². The van der Waals surface area contributed by atoms with Crippen LogP contribution in [0, 0.1) is 0 Å². The van der Waals surface area contributed by atoms with Gasteiger partial charge in [0.2, 0.25) is 0 Å². The van der Waals surface area contributed by atoms with E-state index in [4.69, 9.17) is 11.6 Å². The van der Waals surface area contributed by atoms with Gasteiger partial charge < -0.3 is 0 Å². The highest BCUT2D eigenvalue weighted by molar-refractivity contribution is 6.31. The van der Waals surface area contributed by atoms with Crippen molar-refractivity contribution in [3.05, 3.63) is 16.9 Å². The lowest BCUT2D eigenvalue weighted by Gasteiger charge is -2.10. The Kier molecular flexibility index (Phi) is 2.59. The van der Waals surface area contributed by atoms with E-state index >= 15 is 0 Å². The standard InChI is InChI=1S/C10H13ClN2O/c1-2-13-10(8(11)6-12-13)7-4-3-5-9(7)14/h6-7H,2-5H2,1H3. The van der Waals surface area contributed by atoms with Gasteiger partial charge in [-0.05, 0) is 19.8 Å². The predicted octanol–water partition coefficient (Wildman–Crippen LogP) is 2.39. The molecule has 0 aliphatic heterocycles. The lowest BCUT2D eigenvalue weighted by Crippen LogP contribution is -2.12. The molecule has 2 rings (SSSR count). The van der Waals surface area contributed by atoms with E-state index in [2.05, 4.69) is 5.10 Å². The van der Waals surface area contributed by atoms with Crippen LogP contribution in [-0.4, -0.2) is 15.6 Å². The summed E-state index contributed by atoms with van der Waals surface area (Å²) in [6.07, 6.45) is 4.22. The van der Waals surface area contributed by atoms with Gasteiger partial charge in [-0.2, -0.15) is 5.10 Å². The summed E-state index contributed by atoms with van der Waals surface area (Å²) in [5.74, 6) is 0.298. The Hall–Kier alpha value is -0.830. The van der Waals surface area contributed by atoms with Gasteiger partial charge in [0.15, 0.2) is 0 Å². The van der Waals surface area contributed by atoms with Gasteiger partial charge >= 0.3 is 0 Å². The van der Waals surface area contributed by atoms with Crippen LogP contribution in [0.5, 0.6) is 0 Å². The molecule has 0 spiro atoms. The van der Waals surface area contributed by atoms with Crippen molar-refractivity contribution in [1.82, 2.24) is 9.78 Å². The molecule has 1 fully saturated rings. The summed E-state index contributed by atoms with van der Waals surface area (Å²) in [5, 5.41) is 4.78. The number of aromatic nitrogens is 2. The number of hydrogen-bond donors (Lipinski definition) is 0. The van der Waals surface area contributed by atoms with Gasteiger partial charge in [-0.15, -0.1) is 0 Å². The molecule has 0 radical (unpaired) electrons. The number of carbonyl (C=O) groups is 1. The van der Waals surface area contributed by atoms with E-state index in [9.17, 15) is 4.79 Å². The first-order chi connectivity index (χ1) is 6.74. The molecule has 1 aromatic heterocycles. The summed E-state index contributed by atoms with van der Waals surface area (Å²) in [4.78, 5) is 11.6. The molecule has 0 N–H and O–H groups in total. The zero-order valence-corrected chi connectivity index (χ0v) is 8.92. The molecule has 0 bridgehead atoms. The second-order valence-corrected chi connectivity index (χ2v) is 4.01. The second kappa shape index (κ2) is 3.73. The van der Waals surface area contributed by atoms with Gasteiger partial charge in [-0.3, -0.25) is 9.48 Å². The molecule has 76 valence electrons. The topological polar surface area (TPSA) is 34.9 Å². The Morgan fingerprint density at radius 2 is 2.50 bits per heavy atom. The smallest absolute Gasteiger partial charge is 0.141 e. The average Bonchev–Trinajstić information content (AvgIpc) is 2.72. The molecular formula is C10H13ClN2O. The zero-order valence-electron chi connectivity index (χ0n) is 8.16. The Morgan fingerprint density at radius 1 is 1.71 bits per heavy atom. The third kappa shape index (κ3) is 1.46. The Labute approximate surface area is 88.1 Å². The fourth-order valence-electron chi connectivity index (χ4n) is 2.08. The number of nitrogens with zero attached hydrogens (tertiary/aromatic N) is 2. The molecule has 0 amide bonds. The summed E-state index contributed by atoms with van der Waals surface area (Å²) < 4.78 is 1.83. The minimum absolute atomic E-state index is 0.00931. The number of rotatable bonds is 2. The number of halogens is 1. The minimum Gasteiger partial charge on any atom is -0.299 e. The number of aryl methyl sites for hydroxylation is 1. The first-order valence-electron chi connectivity index (χ1n) is 4.98. The lowest BCUT2D eigenvalue weighted by molar-refractivity contribution is -0.118. The van der Waals surface area contributed by atoms with Crippen LogP contribution in [0.2, 0.25) is 5.02 Å². The minimum atomic E-state index is -0.00931. The summed E-state index contributed by atoms with van der Waals surface area (Å²) >= 11 is 6.03. The third-order valence-electron chi connectivity index (χ3n) is 2.77. The molecule has 1 aromatic rings. The van der Waals surface area contributed by atoms with Gasteiger partial charge in [0.05, 0.1) is 22.8 Å².